The minimum absolute atomic E-state index is 0.0308. The number of hydrogen-bond acceptors (Lipinski definition) is 9. The Morgan fingerprint density at radius 3 is 2.05 bits per heavy atom. The summed E-state index contributed by atoms with van der Waals surface area (Å²) in [5, 5.41) is 35.2. The number of phenolic OH excluding ortho intramolecular Hbond substituents is 1. The number of nitrogens with two attached hydrogens (primary N) is 2. The molecule has 1 heterocycles. The highest BCUT2D eigenvalue weighted by atomic mass is 16.4. The Morgan fingerprint density at radius 2 is 1.51 bits per heavy atom. The van der Waals surface area contributed by atoms with Crippen LogP contribution in [0.4, 0.5) is 0 Å². The third-order valence-corrected chi connectivity index (χ3v) is 5.18. The molecule has 37 heavy (non-hydrogen) atoms. The monoisotopic (exact) mass is 519 g/mol. The zero-order valence-corrected chi connectivity index (χ0v) is 19.6. The lowest BCUT2D eigenvalue weighted by Crippen LogP contribution is -2.59. The van der Waals surface area contributed by atoms with Crippen molar-refractivity contribution in [1.29, 1.82) is 0 Å². The zero-order chi connectivity index (χ0) is 27.5. The molecule has 1 aromatic heterocycles. The third kappa shape index (κ3) is 9.23. The number of aromatic nitrogens is 2. The number of aliphatic hydroxyl groups excluding tert-OH is 1. The van der Waals surface area contributed by atoms with Crippen molar-refractivity contribution in [1.82, 2.24) is 25.9 Å². The van der Waals surface area contributed by atoms with Crippen LogP contribution in [-0.4, -0.2) is 85.7 Å². The quantitative estimate of drug-likeness (QED) is 0.120. The summed E-state index contributed by atoms with van der Waals surface area (Å²) in [6.07, 6.45) is 2.07. The average Bonchev–Trinajstić information content (AvgIpc) is 3.35. The van der Waals surface area contributed by atoms with Crippen LogP contribution >= 0.6 is 0 Å². The van der Waals surface area contributed by atoms with Crippen LogP contribution < -0.4 is 27.4 Å². The van der Waals surface area contributed by atoms with Crippen LogP contribution in [0.5, 0.6) is 5.75 Å². The van der Waals surface area contributed by atoms with Crippen molar-refractivity contribution in [2.45, 2.75) is 43.4 Å². The van der Waals surface area contributed by atoms with E-state index < -0.39 is 66.8 Å². The first-order chi connectivity index (χ1) is 17.5. The molecule has 0 bridgehead atoms. The van der Waals surface area contributed by atoms with Gasteiger partial charge in [-0.15, -0.1) is 0 Å². The first kappa shape index (κ1) is 28.7. The summed E-state index contributed by atoms with van der Waals surface area (Å²) >= 11 is 0. The van der Waals surface area contributed by atoms with Crippen LogP contribution in [0, 0.1) is 0 Å². The molecular weight excluding hydrogens is 490 g/mol. The van der Waals surface area contributed by atoms with E-state index in [1.165, 1.54) is 36.8 Å². The molecule has 0 spiro atoms. The number of phenols is 1. The Balaban J connectivity index is 2.05. The second-order valence-corrected chi connectivity index (χ2v) is 8.13. The van der Waals surface area contributed by atoms with Gasteiger partial charge >= 0.3 is 5.97 Å². The topological polar surface area (TPSA) is 263 Å². The van der Waals surface area contributed by atoms with Gasteiger partial charge < -0.3 is 47.7 Å². The Bertz CT molecular complexity index is 1090. The van der Waals surface area contributed by atoms with Crippen molar-refractivity contribution in [3.05, 3.63) is 48.0 Å². The van der Waals surface area contributed by atoms with Gasteiger partial charge in [0.25, 0.3) is 0 Å². The fraction of sp³-hybridized carbons (Fsp3) is 0.364. The van der Waals surface area contributed by atoms with E-state index in [1.807, 2.05) is 0 Å². The number of aromatic amines is 1. The highest BCUT2D eigenvalue weighted by Gasteiger charge is 2.31. The number of aromatic hydroxyl groups is 1. The van der Waals surface area contributed by atoms with E-state index in [0.717, 1.165) is 0 Å². The molecule has 0 aliphatic heterocycles. The molecule has 4 atom stereocenters. The van der Waals surface area contributed by atoms with E-state index in [0.29, 0.717) is 11.3 Å². The highest BCUT2D eigenvalue weighted by molar-refractivity contribution is 5.96. The van der Waals surface area contributed by atoms with Crippen molar-refractivity contribution < 1.29 is 39.3 Å². The number of aliphatic hydroxyl groups is 1. The molecular formula is C22H29N7O8. The number of amides is 4. The maximum Gasteiger partial charge on any atom is 0.326 e. The number of carbonyl (C=O) groups is 5. The normalized spacial score (nSPS) is 14.0. The van der Waals surface area contributed by atoms with Crippen molar-refractivity contribution in [3.8, 4) is 5.75 Å². The lowest BCUT2D eigenvalue weighted by atomic mass is 10.0. The first-order valence-electron chi connectivity index (χ1n) is 11.0. The van der Waals surface area contributed by atoms with Gasteiger partial charge in [0.1, 0.15) is 23.9 Å². The van der Waals surface area contributed by atoms with E-state index in [2.05, 4.69) is 25.9 Å². The molecule has 200 valence electrons. The molecule has 0 saturated heterocycles. The second-order valence-electron chi connectivity index (χ2n) is 8.13. The summed E-state index contributed by atoms with van der Waals surface area (Å²) in [4.78, 5) is 67.6. The Morgan fingerprint density at radius 1 is 0.919 bits per heavy atom. The van der Waals surface area contributed by atoms with Crippen molar-refractivity contribution in [2.24, 2.45) is 11.5 Å². The summed E-state index contributed by atoms with van der Waals surface area (Å²) in [5.41, 5.74) is 12.0. The summed E-state index contributed by atoms with van der Waals surface area (Å²) in [7, 11) is 0. The second kappa shape index (κ2) is 13.6. The van der Waals surface area contributed by atoms with E-state index in [1.54, 1.807) is 0 Å². The molecule has 4 unspecified atom stereocenters. The number of nitrogens with zero attached hydrogens (tertiary/aromatic N) is 1. The summed E-state index contributed by atoms with van der Waals surface area (Å²) in [6, 6.07) is -0.0575. The maximum absolute atomic E-state index is 12.8. The predicted octanol–water partition coefficient (Wildman–Crippen LogP) is -3.37. The molecule has 15 heteroatoms. The zero-order valence-electron chi connectivity index (χ0n) is 19.6. The Kier molecular flexibility index (Phi) is 10.5. The molecule has 11 N–H and O–H groups in total. The highest BCUT2D eigenvalue weighted by Crippen LogP contribution is 2.12. The van der Waals surface area contributed by atoms with Crippen LogP contribution in [-0.2, 0) is 36.8 Å². The largest absolute Gasteiger partial charge is 0.508 e. The van der Waals surface area contributed by atoms with Crippen molar-refractivity contribution in [3.63, 3.8) is 0 Å². The number of nitrogens with one attached hydrogen (secondary N) is 4. The molecule has 0 saturated carbocycles. The van der Waals surface area contributed by atoms with E-state index >= 15 is 0 Å². The molecule has 4 amide bonds. The SMILES string of the molecule is NC(=O)CC(NC(=O)C(CO)NC(=O)C(N)Cc1cnc[nH]1)C(=O)NC(Cc1ccc(O)cc1)C(=O)O. The summed E-state index contributed by atoms with van der Waals surface area (Å²) < 4.78 is 0. The van der Waals surface area contributed by atoms with Gasteiger partial charge in [-0.2, -0.15) is 0 Å². The fourth-order valence-electron chi connectivity index (χ4n) is 3.22. The summed E-state index contributed by atoms with van der Waals surface area (Å²) in [5.74, 6) is -5.24. The number of aliphatic carboxylic acids is 1. The number of benzene rings is 1. The number of H-pyrrole nitrogens is 1. The van der Waals surface area contributed by atoms with E-state index in [9.17, 15) is 39.3 Å². The van der Waals surface area contributed by atoms with Crippen LogP contribution in [0.1, 0.15) is 17.7 Å². The van der Waals surface area contributed by atoms with Crippen LogP contribution in [0.3, 0.4) is 0 Å². The van der Waals surface area contributed by atoms with Gasteiger partial charge in [-0.25, -0.2) is 9.78 Å². The van der Waals surface area contributed by atoms with Gasteiger partial charge in [0.15, 0.2) is 0 Å². The van der Waals surface area contributed by atoms with Gasteiger partial charge in [0, 0.05) is 24.7 Å². The molecule has 1 aromatic carbocycles. The van der Waals surface area contributed by atoms with Crippen LogP contribution in [0.15, 0.2) is 36.8 Å². The lowest BCUT2D eigenvalue weighted by Gasteiger charge is -2.24. The molecule has 0 aliphatic carbocycles. The van der Waals surface area contributed by atoms with E-state index in [4.69, 9.17) is 11.5 Å². The molecule has 2 aromatic rings. The number of hydrogen-bond donors (Lipinski definition) is 9. The Labute approximate surface area is 210 Å². The third-order valence-electron chi connectivity index (χ3n) is 5.18. The molecule has 15 nitrogen and oxygen atoms in total. The summed E-state index contributed by atoms with van der Waals surface area (Å²) in [6.45, 7) is -0.863. The van der Waals surface area contributed by atoms with Gasteiger partial charge in [0.05, 0.1) is 25.4 Å². The lowest BCUT2D eigenvalue weighted by molar-refractivity contribution is -0.142. The average molecular weight is 520 g/mol. The van der Waals surface area contributed by atoms with E-state index in [-0.39, 0.29) is 18.6 Å². The smallest absolute Gasteiger partial charge is 0.326 e. The van der Waals surface area contributed by atoms with Crippen LogP contribution in [0.25, 0.3) is 0 Å². The number of primary amides is 1. The first-order valence-corrected chi connectivity index (χ1v) is 11.0. The van der Waals surface area contributed by atoms with Crippen molar-refractivity contribution in [2.75, 3.05) is 6.61 Å². The van der Waals surface area contributed by atoms with Gasteiger partial charge in [-0.3, -0.25) is 19.2 Å². The van der Waals surface area contributed by atoms with Crippen molar-refractivity contribution >= 4 is 29.6 Å². The predicted molar refractivity (Wildman–Crippen MR) is 126 cm³/mol. The number of carboxylic acid groups (broad SMARTS) is 1. The Hall–Kier alpha value is -4.50. The molecule has 2 rings (SSSR count). The number of carbonyl (C=O) groups excluding carboxylic acids is 4. The fourth-order valence-corrected chi connectivity index (χ4v) is 3.22. The van der Waals surface area contributed by atoms with Gasteiger partial charge in [-0.1, -0.05) is 12.1 Å². The molecule has 0 aliphatic rings. The standard InChI is InChI=1S/C22H29N7O8/c23-14(6-12-8-25-10-26-12)19(33)29-17(9-30)21(35)27-15(7-18(24)32)20(34)28-16(22(36)37)5-11-1-3-13(31)4-2-11/h1-4,8,10,14-17,30-31H,5-7,9,23H2,(H2,24,32)(H,25,26)(H,27,35)(H,28,34)(H,29,33)(H,36,37). The maximum atomic E-state index is 12.8. The minimum atomic E-state index is -1.60. The minimum Gasteiger partial charge on any atom is -0.508 e. The van der Waals surface area contributed by atoms with Gasteiger partial charge in [0.2, 0.25) is 23.6 Å². The molecule has 0 radical (unpaired) electrons. The van der Waals surface area contributed by atoms with Gasteiger partial charge in [-0.05, 0) is 17.7 Å². The van der Waals surface area contributed by atoms with Crippen LogP contribution in [0.2, 0.25) is 0 Å². The number of carboxylic acids is 1. The molecule has 0 fully saturated rings. The number of imidazole rings is 1. The number of rotatable bonds is 14.